The number of hydrogen-bond donors (Lipinski definition) is 3. The minimum absolute atomic E-state index is 0.00107. The Hall–Kier alpha value is -3.16. The Balaban J connectivity index is 1.32. The van der Waals surface area contributed by atoms with Crippen LogP contribution in [0.15, 0.2) is 12.1 Å². The van der Waals surface area contributed by atoms with E-state index in [0.717, 1.165) is 17.5 Å². The number of aromatic amines is 1. The molecule has 0 unspecified atom stereocenters. The third-order valence-corrected chi connectivity index (χ3v) is 5.92. The lowest BCUT2D eigenvalue weighted by Crippen LogP contribution is -2.38. The lowest BCUT2D eigenvalue weighted by Gasteiger charge is -2.17. The van der Waals surface area contributed by atoms with Crippen LogP contribution in [0, 0.1) is 0 Å². The van der Waals surface area contributed by atoms with Gasteiger partial charge in [-0.05, 0) is 38.7 Å². The highest BCUT2D eigenvalue weighted by atomic mass is 19.4. The standard InChI is InChI=1S/C20H24F4N6O4/c1-19(3-4-19)26-18(32)34-15-6-10(5-12(15)21)13-8-16(28-27-13)25-17(31)14-7-11(29-30(14)2)9-33-20(22,23)24/h7-8,10,12,15H,3-6,9H2,1-2H3,(H,26,32)(H2,25,27,28,31)/t10-,12+,15-/m1/s1. The van der Waals surface area contributed by atoms with E-state index in [2.05, 4.69) is 30.7 Å². The molecule has 3 N–H and O–H groups in total. The number of anilines is 1. The van der Waals surface area contributed by atoms with Gasteiger partial charge in [-0.25, -0.2) is 9.18 Å². The van der Waals surface area contributed by atoms with Crippen LogP contribution in [0.1, 0.15) is 60.4 Å². The average molecular weight is 488 g/mol. The van der Waals surface area contributed by atoms with Gasteiger partial charge in [-0.15, -0.1) is 13.2 Å². The zero-order valence-electron chi connectivity index (χ0n) is 18.4. The van der Waals surface area contributed by atoms with Crippen molar-refractivity contribution in [3.05, 3.63) is 29.2 Å². The molecular weight excluding hydrogens is 464 g/mol. The van der Waals surface area contributed by atoms with Crippen LogP contribution < -0.4 is 10.6 Å². The first-order valence-electron chi connectivity index (χ1n) is 10.6. The number of alkyl carbamates (subject to hydrolysis) is 1. The van der Waals surface area contributed by atoms with Crippen molar-refractivity contribution in [1.82, 2.24) is 25.3 Å². The highest BCUT2D eigenvalue weighted by Gasteiger charge is 2.42. The average Bonchev–Trinajstić information content (AvgIpc) is 3.09. The van der Waals surface area contributed by atoms with E-state index in [-0.39, 0.29) is 41.5 Å². The number of aryl methyl sites for hydroxylation is 1. The Bertz CT molecular complexity index is 1060. The SMILES string of the molecule is Cn1nc(COC(F)(F)F)cc1C(=O)Nc1cc([C@@H]2C[C@H](F)[C@H](OC(=O)NC3(C)CC3)C2)[nH]n1. The highest BCUT2D eigenvalue weighted by molar-refractivity contribution is 6.02. The highest BCUT2D eigenvalue weighted by Crippen LogP contribution is 2.39. The summed E-state index contributed by atoms with van der Waals surface area (Å²) in [4.78, 5) is 24.5. The molecule has 2 saturated carbocycles. The van der Waals surface area contributed by atoms with Gasteiger partial charge < -0.3 is 15.4 Å². The first-order chi connectivity index (χ1) is 15.9. The number of carbonyl (C=O) groups is 2. The zero-order valence-corrected chi connectivity index (χ0v) is 18.4. The minimum atomic E-state index is -4.81. The van der Waals surface area contributed by atoms with Crippen molar-refractivity contribution >= 4 is 17.8 Å². The molecule has 0 saturated heterocycles. The lowest BCUT2D eigenvalue weighted by molar-refractivity contribution is -0.330. The summed E-state index contributed by atoms with van der Waals surface area (Å²) in [6, 6.07) is 2.71. The predicted octanol–water partition coefficient (Wildman–Crippen LogP) is 3.29. The van der Waals surface area contributed by atoms with Crippen LogP contribution in [0.4, 0.5) is 28.2 Å². The summed E-state index contributed by atoms with van der Waals surface area (Å²) in [5.74, 6) is -0.800. The molecule has 3 atom stereocenters. The van der Waals surface area contributed by atoms with Crippen LogP contribution in [0.25, 0.3) is 0 Å². The summed E-state index contributed by atoms with van der Waals surface area (Å²) in [6.45, 7) is 1.06. The van der Waals surface area contributed by atoms with E-state index in [0.29, 0.717) is 5.69 Å². The van der Waals surface area contributed by atoms with Crippen molar-refractivity contribution in [2.24, 2.45) is 7.05 Å². The summed E-state index contributed by atoms with van der Waals surface area (Å²) in [5.41, 5.74) is 0.220. The lowest BCUT2D eigenvalue weighted by atomic mass is 10.0. The molecule has 0 radical (unpaired) electrons. The Kier molecular flexibility index (Phi) is 6.27. The molecule has 34 heavy (non-hydrogen) atoms. The number of nitrogens with zero attached hydrogens (tertiary/aromatic N) is 3. The predicted molar refractivity (Wildman–Crippen MR) is 109 cm³/mol. The van der Waals surface area contributed by atoms with Crippen molar-refractivity contribution < 1.29 is 36.6 Å². The van der Waals surface area contributed by atoms with E-state index >= 15 is 0 Å². The third-order valence-electron chi connectivity index (χ3n) is 5.92. The fourth-order valence-corrected chi connectivity index (χ4v) is 3.81. The molecule has 0 bridgehead atoms. The van der Waals surface area contributed by atoms with Gasteiger partial charge in [0.1, 0.15) is 24.6 Å². The van der Waals surface area contributed by atoms with Crippen molar-refractivity contribution in [2.75, 3.05) is 5.32 Å². The minimum Gasteiger partial charge on any atom is -0.443 e. The molecule has 186 valence electrons. The van der Waals surface area contributed by atoms with Gasteiger partial charge in [0.15, 0.2) is 5.82 Å². The zero-order chi connectivity index (χ0) is 24.7. The third kappa shape index (κ3) is 5.85. The molecule has 2 fully saturated rings. The number of rotatable bonds is 7. The largest absolute Gasteiger partial charge is 0.522 e. The first-order valence-corrected chi connectivity index (χ1v) is 10.6. The van der Waals surface area contributed by atoms with Crippen molar-refractivity contribution in [3.63, 3.8) is 0 Å². The maximum atomic E-state index is 14.5. The van der Waals surface area contributed by atoms with E-state index in [9.17, 15) is 27.2 Å². The number of hydrogen-bond acceptors (Lipinski definition) is 6. The van der Waals surface area contributed by atoms with Crippen LogP contribution in [-0.2, 0) is 23.1 Å². The van der Waals surface area contributed by atoms with E-state index in [1.165, 1.54) is 19.2 Å². The number of ether oxygens (including phenoxy) is 2. The molecular formula is C20H24F4N6O4. The Morgan fingerprint density at radius 2 is 2.03 bits per heavy atom. The molecule has 4 rings (SSSR count). The van der Waals surface area contributed by atoms with Crippen LogP contribution in [0.3, 0.4) is 0 Å². The molecule has 2 aliphatic rings. The number of carbonyl (C=O) groups excluding carboxylic acids is 2. The summed E-state index contributed by atoms with van der Waals surface area (Å²) in [5, 5.41) is 15.8. The van der Waals surface area contributed by atoms with E-state index in [4.69, 9.17) is 4.74 Å². The fraction of sp³-hybridized carbons (Fsp3) is 0.600. The van der Waals surface area contributed by atoms with Gasteiger partial charge >= 0.3 is 12.5 Å². The van der Waals surface area contributed by atoms with Crippen LogP contribution in [0.5, 0.6) is 0 Å². The number of aromatic nitrogens is 4. The molecule has 0 aliphatic heterocycles. The van der Waals surface area contributed by atoms with Gasteiger partial charge in [0.05, 0.1) is 5.69 Å². The van der Waals surface area contributed by atoms with Crippen LogP contribution in [-0.4, -0.2) is 56.2 Å². The molecule has 2 aromatic heterocycles. The molecule has 2 amide bonds. The molecule has 2 heterocycles. The number of nitrogens with one attached hydrogen (secondary N) is 3. The molecule has 2 aromatic rings. The van der Waals surface area contributed by atoms with Gasteiger partial charge in [-0.1, -0.05) is 0 Å². The summed E-state index contributed by atoms with van der Waals surface area (Å²) in [7, 11) is 1.40. The smallest absolute Gasteiger partial charge is 0.443 e. The molecule has 2 aliphatic carbocycles. The maximum absolute atomic E-state index is 14.5. The van der Waals surface area contributed by atoms with Gasteiger partial charge in [-0.2, -0.15) is 10.2 Å². The summed E-state index contributed by atoms with van der Waals surface area (Å²) in [6.07, 6.45) is -5.58. The first kappa shape index (κ1) is 24.0. The van der Waals surface area contributed by atoms with Crippen molar-refractivity contribution in [1.29, 1.82) is 0 Å². The summed E-state index contributed by atoms with van der Waals surface area (Å²) >= 11 is 0. The van der Waals surface area contributed by atoms with Gasteiger partial charge in [-0.3, -0.25) is 19.3 Å². The molecule has 10 nitrogen and oxygen atoms in total. The Morgan fingerprint density at radius 1 is 1.29 bits per heavy atom. The number of halogens is 4. The monoisotopic (exact) mass is 488 g/mol. The van der Waals surface area contributed by atoms with Crippen molar-refractivity contribution in [3.8, 4) is 0 Å². The second-order valence-corrected chi connectivity index (χ2v) is 8.86. The van der Waals surface area contributed by atoms with Crippen LogP contribution >= 0.6 is 0 Å². The van der Waals surface area contributed by atoms with E-state index < -0.39 is 37.2 Å². The number of H-pyrrole nitrogens is 1. The van der Waals surface area contributed by atoms with E-state index in [1.807, 2.05) is 6.92 Å². The Morgan fingerprint density at radius 3 is 2.71 bits per heavy atom. The second-order valence-electron chi connectivity index (χ2n) is 8.86. The normalized spacial score (nSPS) is 23.5. The van der Waals surface area contributed by atoms with E-state index in [1.54, 1.807) is 0 Å². The fourth-order valence-electron chi connectivity index (χ4n) is 3.81. The molecule has 0 aromatic carbocycles. The number of amides is 2. The maximum Gasteiger partial charge on any atom is 0.522 e. The quantitative estimate of drug-likeness (QED) is 0.514. The van der Waals surface area contributed by atoms with Gasteiger partial charge in [0.25, 0.3) is 5.91 Å². The van der Waals surface area contributed by atoms with Gasteiger partial charge in [0.2, 0.25) is 0 Å². The van der Waals surface area contributed by atoms with Crippen LogP contribution in [0.2, 0.25) is 0 Å². The van der Waals surface area contributed by atoms with Gasteiger partial charge in [0, 0.05) is 30.3 Å². The number of alkyl halides is 4. The second kappa shape index (κ2) is 8.89. The van der Waals surface area contributed by atoms with Crippen molar-refractivity contribution in [2.45, 2.75) is 69.3 Å². The summed E-state index contributed by atoms with van der Waals surface area (Å²) < 4.78 is 61.2. The Labute approximate surface area is 191 Å². The topological polar surface area (TPSA) is 123 Å². The molecule has 14 heteroatoms. The molecule has 0 spiro atoms.